The summed E-state index contributed by atoms with van der Waals surface area (Å²) >= 11 is 12.9. The molecular weight excluding hydrogens is 405 g/mol. The highest BCUT2D eigenvalue weighted by Gasteiger charge is 2.70. The van der Waals surface area contributed by atoms with Gasteiger partial charge in [-0.15, -0.1) is 5.06 Å². The van der Waals surface area contributed by atoms with Gasteiger partial charge >= 0.3 is 5.97 Å². The lowest BCUT2D eigenvalue weighted by atomic mass is 9.52. The van der Waals surface area contributed by atoms with Crippen molar-refractivity contribution in [2.24, 2.45) is 11.8 Å². The first-order valence-electron chi connectivity index (χ1n) is 8.65. The van der Waals surface area contributed by atoms with E-state index in [0.717, 1.165) is 6.92 Å². The fourth-order valence-corrected chi connectivity index (χ4v) is 5.71. The van der Waals surface area contributed by atoms with E-state index in [4.69, 9.17) is 28.0 Å². The number of amides is 2. The number of hydrogen-bond acceptors (Lipinski definition) is 5. The average molecular weight is 418 g/mol. The summed E-state index contributed by atoms with van der Waals surface area (Å²) in [5.41, 5.74) is 0.153. The van der Waals surface area contributed by atoms with E-state index in [2.05, 4.69) is 0 Å². The molecule has 0 spiro atoms. The van der Waals surface area contributed by atoms with Gasteiger partial charge in [-0.25, -0.2) is 4.79 Å². The van der Waals surface area contributed by atoms with E-state index in [0.29, 0.717) is 27.3 Å². The van der Waals surface area contributed by atoms with Crippen molar-refractivity contribution in [3.05, 3.63) is 68.7 Å². The van der Waals surface area contributed by atoms with Gasteiger partial charge in [0, 0.05) is 34.0 Å². The molecular formula is C20H13Cl2NO5. The van der Waals surface area contributed by atoms with Crippen LogP contribution in [-0.2, 0) is 24.8 Å². The molecule has 2 aromatic carbocycles. The van der Waals surface area contributed by atoms with E-state index >= 15 is 0 Å². The number of carbonyl (C=O) groups is 3. The monoisotopic (exact) mass is 417 g/mol. The number of carbonyl (C=O) groups excluding carboxylic acids is 3. The highest BCUT2D eigenvalue weighted by Crippen LogP contribution is 2.65. The van der Waals surface area contributed by atoms with Gasteiger partial charge in [0.25, 0.3) is 11.8 Å². The van der Waals surface area contributed by atoms with Gasteiger partial charge in [0.1, 0.15) is 5.60 Å². The van der Waals surface area contributed by atoms with Crippen molar-refractivity contribution >= 4 is 41.0 Å². The van der Waals surface area contributed by atoms with Crippen LogP contribution in [0.25, 0.3) is 0 Å². The molecule has 1 aliphatic heterocycles. The zero-order chi connectivity index (χ0) is 20.0. The number of benzene rings is 2. The van der Waals surface area contributed by atoms with Crippen molar-refractivity contribution in [1.29, 1.82) is 0 Å². The number of nitrogens with zero attached hydrogens (tertiary/aromatic N) is 1. The number of imide groups is 1. The molecule has 0 unspecified atom stereocenters. The second-order valence-electron chi connectivity index (χ2n) is 7.21. The Hall–Kier alpha value is -2.41. The normalized spacial score (nSPS) is 29.4. The van der Waals surface area contributed by atoms with Crippen LogP contribution < -0.4 is 0 Å². The van der Waals surface area contributed by atoms with Crippen LogP contribution in [-0.4, -0.2) is 28.0 Å². The Morgan fingerprint density at radius 1 is 1.04 bits per heavy atom. The molecule has 2 bridgehead atoms. The first kappa shape index (κ1) is 17.7. The summed E-state index contributed by atoms with van der Waals surface area (Å²) in [7, 11) is 0. The minimum absolute atomic E-state index is 0.278. The second-order valence-corrected chi connectivity index (χ2v) is 8.02. The predicted octanol–water partition coefficient (Wildman–Crippen LogP) is 2.77. The Balaban J connectivity index is 1.85. The van der Waals surface area contributed by atoms with Gasteiger partial charge in [-0.2, -0.15) is 0 Å². The van der Waals surface area contributed by atoms with Crippen molar-refractivity contribution < 1.29 is 24.3 Å². The fraction of sp³-hybridized carbons (Fsp3) is 0.250. The summed E-state index contributed by atoms with van der Waals surface area (Å²) in [6, 6.07) is 10.3. The molecule has 8 heteroatoms. The van der Waals surface area contributed by atoms with E-state index in [1.165, 1.54) is 0 Å². The van der Waals surface area contributed by atoms with Gasteiger partial charge in [0.05, 0.1) is 11.8 Å². The molecule has 1 N–H and O–H groups in total. The molecule has 1 heterocycles. The van der Waals surface area contributed by atoms with E-state index in [9.17, 15) is 19.5 Å². The standard InChI is InChI=1S/C20H13Cl2NO5/c1-8(24)28-23-18(25)14-13-9-4-2-6-11(21)15(9)20(27,17(14)19(23)26)16-10(13)5-3-7-12(16)22/h2-7,13-14,17,27H,1H3/t13?,14-,17+,20?/m0/s1. The van der Waals surface area contributed by atoms with Crippen LogP contribution in [0.3, 0.4) is 0 Å². The van der Waals surface area contributed by atoms with Gasteiger partial charge in [-0.3, -0.25) is 9.59 Å². The smallest absolute Gasteiger partial charge is 0.330 e. The van der Waals surface area contributed by atoms with E-state index in [1.54, 1.807) is 36.4 Å². The van der Waals surface area contributed by atoms with Gasteiger partial charge in [0.15, 0.2) is 0 Å². The Labute approximate surface area is 169 Å². The Bertz CT molecular complexity index is 1040. The molecule has 3 aliphatic carbocycles. The first-order chi connectivity index (χ1) is 13.3. The highest BCUT2D eigenvalue weighted by atomic mass is 35.5. The summed E-state index contributed by atoms with van der Waals surface area (Å²) in [5.74, 6) is -4.90. The van der Waals surface area contributed by atoms with Gasteiger partial charge in [-0.05, 0) is 23.3 Å². The van der Waals surface area contributed by atoms with Crippen molar-refractivity contribution in [3.8, 4) is 0 Å². The summed E-state index contributed by atoms with van der Waals surface area (Å²) in [4.78, 5) is 42.5. The molecule has 28 heavy (non-hydrogen) atoms. The van der Waals surface area contributed by atoms with E-state index < -0.39 is 41.1 Å². The number of halogens is 2. The molecule has 4 aliphatic rings. The number of rotatable bonds is 1. The fourth-order valence-electron chi connectivity index (χ4n) is 5.05. The molecule has 1 saturated heterocycles. The maximum atomic E-state index is 13.1. The lowest BCUT2D eigenvalue weighted by Crippen LogP contribution is -2.54. The minimum atomic E-state index is -1.91. The van der Waals surface area contributed by atoms with Crippen LogP contribution in [0, 0.1) is 11.8 Å². The van der Waals surface area contributed by atoms with Crippen molar-refractivity contribution in [2.45, 2.75) is 18.4 Å². The summed E-state index contributed by atoms with van der Waals surface area (Å²) in [6.07, 6.45) is 0. The van der Waals surface area contributed by atoms with Gasteiger partial charge < -0.3 is 9.94 Å². The van der Waals surface area contributed by atoms with Crippen LogP contribution in [0.4, 0.5) is 0 Å². The topological polar surface area (TPSA) is 83.9 Å². The van der Waals surface area contributed by atoms with E-state index in [1.807, 2.05) is 0 Å². The third kappa shape index (κ3) is 1.90. The third-order valence-electron chi connectivity index (χ3n) is 5.86. The molecule has 2 amide bonds. The number of aliphatic hydroxyl groups is 1. The summed E-state index contributed by atoms with van der Waals surface area (Å²) in [5, 5.41) is 13.0. The average Bonchev–Trinajstić information content (AvgIpc) is 2.88. The molecule has 6 nitrogen and oxygen atoms in total. The van der Waals surface area contributed by atoms with Crippen LogP contribution in [0.1, 0.15) is 35.1 Å². The van der Waals surface area contributed by atoms with E-state index in [-0.39, 0.29) is 10.0 Å². The molecule has 0 aromatic heterocycles. The summed E-state index contributed by atoms with van der Waals surface area (Å²) < 4.78 is 0. The number of hydrogen-bond donors (Lipinski definition) is 1. The SMILES string of the molecule is CC(=O)ON1C(=O)[C@H]2C3c4cccc(Cl)c4C(O)(c4c(Cl)cccc43)[C@H]2C1=O. The Morgan fingerprint density at radius 3 is 2.07 bits per heavy atom. The zero-order valence-electron chi connectivity index (χ0n) is 14.5. The number of hydroxylamine groups is 2. The largest absolute Gasteiger partial charge is 0.379 e. The Morgan fingerprint density at radius 2 is 1.57 bits per heavy atom. The van der Waals surface area contributed by atoms with Crippen molar-refractivity contribution in [2.75, 3.05) is 0 Å². The molecule has 2 atom stereocenters. The first-order valence-corrected chi connectivity index (χ1v) is 9.40. The minimum Gasteiger partial charge on any atom is -0.379 e. The summed E-state index contributed by atoms with van der Waals surface area (Å²) in [6.45, 7) is 1.10. The molecule has 0 radical (unpaired) electrons. The predicted molar refractivity (Wildman–Crippen MR) is 98.3 cm³/mol. The molecule has 0 saturated carbocycles. The molecule has 2 aromatic rings. The Kier molecular flexibility index (Phi) is 3.51. The van der Waals surface area contributed by atoms with Crippen molar-refractivity contribution in [3.63, 3.8) is 0 Å². The van der Waals surface area contributed by atoms with Crippen LogP contribution in [0.5, 0.6) is 0 Å². The lowest BCUT2D eigenvalue weighted by Gasteiger charge is -2.51. The van der Waals surface area contributed by atoms with Crippen LogP contribution in [0.15, 0.2) is 36.4 Å². The van der Waals surface area contributed by atoms with Gasteiger partial charge in [0.2, 0.25) is 0 Å². The molecule has 6 rings (SSSR count). The van der Waals surface area contributed by atoms with Crippen LogP contribution >= 0.6 is 23.2 Å². The molecule has 142 valence electrons. The van der Waals surface area contributed by atoms with Gasteiger partial charge in [-0.1, -0.05) is 47.5 Å². The highest BCUT2D eigenvalue weighted by molar-refractivity contribution is 6.33. The molecule has 1 fully saturated rings. The lowest BCUT2D eigenvalue weighted by molar-refractivity contribution is -0.197. The quantitative estimate of drug-likeness (QED) is 0.721. The zero-order valence-corrected chi connectivity index (χ0v) is 16.0. The third-order valence-corrected chi connectivity index (χ3v) is 6.49. The van der Waals surface area contributed by atoms with Crippen LogP contribution in [0.2, 0.25) is 10.0 Å². The van der Waals surface area contributed by atoms with Crippen molar-refractivity contribution in [1.82, 2.24) is 5.06 Å². The maximum absolute atomic E-state index is 13.1. The second kappa shape index (κ2) is 5.56. The maximum Gasteiger partial charge on any atom is 0.330 e.